The summed E-state index contributed by atoms with van der Waals surface area (Å²) in [4.78, 5) is 9.17. The van der Waals surface area contributed by atoms with Crippen molar-refractivity contribution in [2.75, 3.05) is 20.2 Å². The van der Waals surface area contributed by atoms with Crippen LogP contribution in [-0.4, -0.2) is 31.6 Å². The molecule has 3 heteroatoms. The molecule has 0 spiro atoms. The lowest BCUT2D eigenvalue weighted by atomic mass is 10.6. The Hall–Kier alpha value is -0.410. The van der Waals surface area contributed by atoms with Crippen molar-refractivity contribution in [3.05, 3.63) is 0 Å². The van der Waals surface area contributed by atoms with Gasteiger partial charge in [0.15, 0.2) is 0 Å². The Kier molecular flexibility index (Phi) is 51.6. The number of aliphatic hydroxyl groups is 1. The van der Waals surface area contributed by atoms with Gasteiger partial charge in [-0.15, -0.1) is 0 Å². The van der Waals surface area contributed by atoms with Crippen LogP contribution < -0.4 is 5.32 Å². The van der Waals surface area contributed by atoms with E-state index in [9.17, 15) is 4.79 Å². The van der Waals surface area contributed by atoms with Crippen molar-refractivity contribution in [1.29, 1.82) is 0 Å². The predicted octanol–water partition coefficient (Wildman–Crippen LogP) is 0.820. The maximum absolute atomic E-state index is 9.17. The summed E-state index contributed by atoms with van der Waals surface area (Å²) < 4.78 is 0. The van der Waals surface area contributed by atoms with Crippen LogP contribution in [0.25, 0.3) is 0 Å². The maximum atomic E-state index is 9.17. The topological polar surface area (TPSA) is 49.3 Å². The standard InChI is InChI=1S/C3H9NO.C3H6O.C2H6/c1-4-2-3-5;1-2-3-4;1-2/h4-5H,2-3H2,1H3;3H,2H2,1H3;1-2H3. The van der Waals surface area contributed by atoms with E-state index in [4.69, 9.17) is 5.11 Å². The van der Waals surface area contributed by atoms with E-state index < -0.39 is 0 Å². The lowest BCUT2D eigenvalue weighted by Crippen LogP contribution is -2.10. The van der Waals surface area contributed by atoms with Crippen LogP contribution in [-0.2, 0) is 4.79 Å². The second kappa shape index (κ2) is 33.6. The Morgan fingerprint density at radius 2 is 1.82 bits per heavy atom. The Balaban J connectivity index is -0.0000000965. The molecule has 0 aromatic heterocycles. The molecule has 0 aliphatic rings. The zero-order valence-electron chi connectivity index (χ0n) is 8.05. The van der Waals surface area contributed by atoms with Gasteiger partial charge in [-0.05, 0) is 7.05 Å². The molecule has 0 radical (unpaired) electrons. The SMILES string of the molecule is CC.CCC=O.CNCCO. The molecule has 0 amide bonds. The van der Waals surface area contributed by atoms with Crippen LogP contribution in [0.4, 0.5) is 0 Å². The minimum Gasteiger partial charge on any atom is -0.395 e. The number of carbonyl (C=O) groups is 1. The first kappa shape index (κ1) is 16.9. The largest absolute Gasteiger partial charge is 0.395 e. The smallest absolute Gasteiger partial charge is 0.119 e. The first-order valence-corrected chi connectivity index (χ1v) is 4.02. The molecular weight excluding hydrogens is 142 g/mol. The molecule has 0 atom stereocenters. The molecule has 3 nitrogen and oxygen atoms in total. The molecule has 0 heterocycles. The molecule has 0 aromatic carbocycles. The number of rotatable bonds is 3. The molecule has 0 saturated carbocycles. The van der Waals surface area contributed by atoms with E-state index in [1.54, 1.807) is 7.05 Å². The van der Waals surface area contributed by atoms with Crippen molar-refractivity contribution < 1.29 is 9.90 Å². The highest BCUT2D eigenvalue weighted by Crippen LogP contribution is 1.53. The molecule has 0 fully saturated rings. The van der Waals surface area contributed by atoms with E-state index >= 15 is 0 Å². The Morgan fingerprint density at radius 1 is 1.45 bits per heavy atom. The van der Waals surface area contributed by atoms with Crippen LogP contribution in [0.15, 0.2) is 0 Å². The number of hydrogen-bond acceptors (Lipinski definition) is 3. The van der Waals surface area contributed by atoms with Gasteiger partial charge in [0, 0.05) is 13.0 Å². The van der Waals surface area contributed by atoms with Gasteiger partial charge in [0.1, 0.15) is 6.29 Å². The average Bonchev–Trinajstić information content (AvgIpc) is 2.10. The molecule has 0 saturated heterocycles. The lowest BCUT2D eigenvalue weighted by molar-refractivity contribution is -0.107. The summed E-state index contributed by atoms with van der Waals surface area (Å²) in [7, 11) is 1.80. The first-order chi connectivity index (χ1) is 5.33. The number of hydrogen-bond donors (Lipinski definition) is 2. The minimum atomic E-state index is 0.233. The monoisotopic (exact) mass is 163 g/mol. The number of carbonyl (C=O) groups excluding carboxylic acids is 1. The summed E-state index contributed by atoms with van der Waals surface area (Å²) in [5.41, 5.74) is 0. The van der Waals surface area contributed by atoms with E-state index in [1.165, 1.54) is 0 Å². The van der Waals surface area contributed by atoms with Crippen LogP contribution in [0.1, 0.15) is 27.2 Å². The van der Waals surface area contributed by atoms with Gasteiger partial charge < -0.3 is 15.2 Å². The van der Waals surface area contributed by atoms with E-state index in [2.05, 4.69) is 5.32 Å². The van der Waals surface area contributed by atoms with Gasteiger partial charge >= 0.3 is 0 Å². The molecule has 0 bridgehead atoms. The van der Waals surface area contributed by atoms with E-state index in [0.717, 1.165) is 6.29 Å². The predicted molar refractivity (Wildman–Crippen MR) is 48.7 cm³/mol. The summed E-state index contributed by atoms with van der Waals surface area (Å²) in [6, 6.07) is 0. The van der Waals surface area contributed by atoms with Gasteiger partial charge in [-0.1, -0.05) is 20.8 Å². The zero-order valence-corrected chi connectivity index (χ0v) is 8.05. The van der Waals surface area contributed by atoms with Gasteiger partial charge in [0.05, 0.1) is 6.61 Å². The maximum Gasteiger partial charge on any atom is 0.119 e. The van der Waals surface area contributed by atoms with Crippen molar-refractivity contribution in [2.24, 2.45) is 0 Å². The van der Waals surface area contributed by atoms with Gasteiger partial charge in [-0.3, -0.25) is 0 Å². The van der Waals surface area contributed by atoms with Crippen molar-refractivity contribution >= 4 is 6.29 Å². The third-order valence-corrected chi connectivity index (χ3v) is 0.528. The van der Waals surface area contributed by atoms with Crippen molar-refractivity contribution in [3.8, 4) is 0 Å². The summed E-state index contributed by atoms with van der Waals surface area (Å²) >= 11 is 0. The third kappa shape index (κ3) is 82.4. The molecule has 0 aliphatic heterocycles. The van der Waals surface area contributed by atoms with Crippen molar-refractivity contribution in [1.82, 2.24) is 5.32 Å². The number of aliphatic hydroxyl groups excluding tert-OH is 1. The van der Waals surface area contributed by atoms with Crippen molar-refractivity contribution in [2.45, 2.75) is 27.2 Å². The van der Waals surface area contributed by atoms with Gasteiger partial charge in [-0.2, -0.15) is 0 Å². The minimum absolute atomic E-state index is 0.233. The van der Waals surface area contributed by atoms with Crippen LogP contribution in [0, 0.1) is 0 Å². The summed E-state index contributed by atoms with van der Waals surface area (Å²) in [6.07, 6.45) is 1.51. The fraction of sp³-hybridized carbons (Fsp3) is 0.875. The highest BCUT2D eigenvalue weighted by atomic mass is 16.3. The fourth-order valence-corrected chi connectivity index (χ4v) is 0.112. The van der Waals surface area contributed by atoms with Crippen molar-refractivity contribution in [3.63, 3.8) is 0 Å². The van der Waals surface area contributed by atoms with Gasteiger partial charge in [0.2, 0.25) is 0 Å². The molecule has 2 N–H and O–H groups in total. The van der Waals surface area contributed by atoms with Gasteiger partial charge in [-0.25, -0.2) is 0 Å². The highest BCUT2D eigenvalue weighted by Gasteiger charge is 1.65. The van der Waals surface area contributed by atoms with Gasteiger partial charge in [0.25, 0.3) is 0 Å². The van der Waals surface area contributed by atoms with E-state index in [1.807, 2.05) is 20.8 Å². The Bertz CT molecular complexity index is 47.4. The number of aldehydes is 1. The molecule has 70 valence electrons. The van der Waals surface area contributed by atoms with Crippen LogP contribution in [0.3, 0.4) is 0 Å². The molecule has 11 heavy (non-hydrogen) atoms. The summed E-state index contributed by atoms with van der Waals surface area (Å²) in [5.74, 6) is 0. The number of nitrogens with one attached hydrogen (secondary N) is 1. The van der Waals surface area contributed by atoms with Crippen LogP contribution >= 0.6 is 0 Å². The first-order valence-electron chi connectivity index (χ1n) is 4.02. The van der Waals surface area contributed by atoms with Crippen LogP contribution in [0.2, 0.25) is 0 Å². The summed E-state index contributed by atoms with van der Waals surface area (Å²) in [6.45, 7) is 6.74. The van der Waals surface area contributed by atoms with E-state index in [-0.39, 0.29) is 6.61 Å². The Morgan fingerprint density at radius 3 is 1.82 bits per heavy atom. The lowest BCUT2D eigenvalue weighted by Gasteiger charge is -1.84. The quantitative estimate of drug-likeness (QED) is 0.606. The highest BCUT2D eigenvalue weighted by molar-refractivity contribution is 5.48. The average molecular weight is 163 g/mol. The second-order valence-electron chi connectivity index (χ2n) is 1.40. The Labute approximate surface area is 69.8 Å². The zero-order chi connectivity index (χ0) is 9.54. The normalized spacial score (nSPS) is 6.64. The summed E-state index contributed by atoms with van der Waals surface area (Å²) in [5, 5.41) is 10.8. The molecule has 0 unspecified atom stereocenters. The van der Waals surface area contributed by atoms with E-state index in [0.29, 0.717) is 13.0 Å². The molecule has 0 aromatic rings. The molecular formula is C8H21NO2. The number of likely N-dealkylation sites (N-methyl/N-ethyl adjacent to an activating group) is 1. The second-order valence-corrected chi connectivity index (χ2v) is 1.40. The van der Waals surface area contributed by atoms with Crippen LogP contribution in [0.5, 0.6) is 0 Å². The fourth-order valence-electron chi connectivity index (χ4n) is 0.112. The molecule has 0 rings (SSSR count). The molecule has 0 aliphatic carbocycles. The third-order valence-electron chi connectivity index (χ3n) is 0.528.